The van der Waals surface area contributed by atoms with Crippen LogP contribution < -0.4 is 0 Å². The van der Waals surface area contributed by atoms with Gasteiger partial charge in [-0.25, -0.2) is 0 Å². The molecule has 0 aromatic heterocycles. The summed E-state index contributed by atoms with van der Waals surface area (Å²) in [5.74, 6) is -0.0938. The minimum Gasteiger partial charge on any atom is -0.383 e. The highest BCUT2D eigenvalue weighted by atomic mass is 32.2. The molecule has 24 heavy (non-hydrogen) atoms. The third-order valence-electron chi connectivity index (χ3n) is 4.04. The van der Waals surface area contributed by atoms with Crippen LogP contribution in [0.3, 0.4) is 0 Å². The highest BCUT2D eigenvalue weighted by Gasteiger charge is 2.17. The molecule has 0 saturated heterocycles. The van der Waals surface area contributed by atoms with Gasteiger partial charge in [-0.3, -0.25) is 4.99 Å². The molecule has 1 aliphatic rings. The molecule has 0 bridgehead atoms. The molecule has 0 heterocycles. The molecule has 0 spiro atoms. The van der Waals surface area contributed by atoms with E-state index in [4.69, 9.17) is 0 Å². The molecular weight excluding hydrogens is 322 g/mol. The maximum atomic E-state index is 11.3. The monoisotopic (exact) mass is 345 g/mol. The average Bonchev–Trinajstić information content (AvgIpc) is 2.59. The maximum absolute atomic E-state index is 11.3. The second-order valence-electron chi connectivity index (χ2n) is 6.07. The molecule has 4 nitrogen and oxygen atoms in total. The first kappa shape index (κ1) is 18.4. The fourth-order valence-electron chi connectivity index (χ4n) is 2.61. The second-order valence-corrected chi connectivity index (χ2v) is 7.01. The zero-order valence-corrected chi connectivity index (χ0v) is 14.8. The number of benzene rings is 1. The van der Waals surface area contributed by atoms with Crippen molar-refractivity contribution >= 4 is 21.4 Å². The molecular formula is C19H23NO3S. The van der Waals surface area contributed by atoms with E-state index in [0.717, 1.165) is 17.6 Å². The van der Waals surface area contributed by atoms with Crippen LogP contribution in [-0.2, 0) is 10.3 Å². The summed E-state index contributed by atoms with van der Waals surface area (Å²) >= 11 is 0. The fraction of sp³-hybridized carbons (Fsp3) is 0.368. The van der Waals surface area contributed by atoms with Crippen molar-refractivity contribution in [2.24, 2.45) is 10.9 Å². The van der Waals surface area contributed by atoms with E-state index in [-0.39, 0.29) is 12.0 Å². The van der Waals surface area contributed by atoms with Crippen molar-refractivity contribution in [1.29, 1.82) is 0 Å². The van der Waals surface area contributed by atoms with Crippen molar-refractivity contribution in [3.63, 3.8) is 0 Å². The molecule has 1 N–H and O–H groups in total. The van der Waals surface area contributed by atoms with Crippen LogP contribution in [0.2, 0.25) is 0 Å². The summed E-state index contributed by atoms with van der Waals surface area (Å²) in [5, 5.41) is 10.1. The van der Waals surface area contributed by atoms with Gasteiger partial charge in [0.15, 0.2) is 0 Å². The molecule has 0 aliphatic heterocycles. The Kier molecular flexibility index (Phi) is 6.70. The average molecular weight is 345 g/mol. The van der Waals surface area contributed by atoms with Gasteiger partial charge in [-0.05, 0) is 38.3 Å². The van der Waals surface area contributed by atoms with E-state index < -0.39 is 16.4 Å². The van der Waals surface area contributed by atoms with Gasteiger partial charge in [0.25, 0.3) is 0 Å². The minimum atomic E-state index is -2.19. The third kappa shape index (κ3) is 5.28. The van der Waals surface area contributed by atoms with E-state index in [1.54, 1.807) is 12.3 Å². The van der Waals surface area contributed by atoms with Gasteiger partial charge in [0.2, 0.25) is 10.3 Å². The third-order valence-corrected chi connectivity index (χ3v) is 4.84. The lowest BCUT2D eigenvalue weighted by atomic mass is 9.91. The minimum absolute atomic E-state index is 0.0186. The normalized spacial score (nSPS) is 20.0. The Hall–Kier alpha value is -1.98. The molecule has 0 saturated carbocycles. The molecule has 5 heteroatoms. The summed E-state index contributed by atoms with van der Waals surface area (Å²) in [5.41, 5.74) is 1.75. The predicted octanol–water partition coefficient (Wildman–Crippen LogP) is 3.14. The Bertz CT molecular complexity index is 768. The van der Waals surface area contributed by atoms with Gasteiger partial charge < -0.3 is 5.11 Å². The van der Waals surface area contributed by atoms with Gasteiger partial charge >= 0.3 is 0 Å². The SMILES string of the molecule is CC1=CC(=S(=O)=O)C(CCC(C)N=CC(O)c2ccccc2)C=C1. The summed E-state index contributed by atoms with van der Waals surface area (Å²) in [6.45, 7) is 3.85. The number of hydrogen-bond donors (Lipinski definition) is 1. The molecule has 0 amide bonds. The molecule has 1 aromatic rings. The Morgan fingerprint density at radius 2 is 2.00 bits per heavy atom. The molecule has 2 rings (SSSR count). The van der Waals surface area contributed by atoms with E-state index >= 15 is 0 Å². The summed E-state index contributed by atoms with van der Waals surface area (Å²) in [7, 11) is -2.19. The Morgan fingerprint density at radius 3 is 2.67 bits per heavy atom. The molecule has 1 aromatic carbocycles. The largest absolute Gasteiger partial charge is 0.383 e. The zero-order valence-electron chi connectivity index (χ0n) is 14.0. The lowest BCUT2D eigenvalue weighted by Gasteiger charge is -2.16. The van der Waals surface area contributed by atoms with Crippen LogP contribution in [0.15, 0.2) is 59.1 Å². The van der Waals surface area contributed by atoms with Crippen molar-refractivity contribution in [3.05, 3.63) is 59.7 Å². The lowest BCUT2D eigenvalue weighted by Crippen LogP contribution is -2.16. The van der Waals surface area contributed by atoms with Crippen molar-refractivity contribution < 1.29 is 13.5 Å². The highest BCUT2D eigenvalue weighted by molar-refractivity contribution is 7.73. The lowest BCUT2D eigenvalue weighted by molar-refractivity contribution is 0.252. The fourth-order valence-corrected chi connectivity index (χ4v) is 3.34. The van der Waals surface area contributed by atoms with Crippen molar-refractivity contribution in [3.8, 4) is 0 Å². The topological polar surface area (TPSA) is 66.7 Å². The second kappa shape index (κ2) is 8.76. The molecule has 3 atom stereocenters. The van der Waals surface area contributed by atoms with E-state index in [2.05, 4.69) is 4.99 Å². The van der Waals surface area contributed by atoms with Crippen LogP contribution in [0.5, 0.6) is 0 Å². The van der Waals surface area contributed by atoms with Gasteiger partial charge in [-0.2, -0.15) is 8.42 Å². The predicted molar refractivity (Wildman–Crippen MR) is 98.9 cm³/mol. The summed E-state index contributed by atoms with van der Waals surface area (Å²) in [6.07, 6.45) is 7.91. The van der Waals surface area contributed by atoms with Gasteiger partial charge in [0, 0.05) is 18.2 Å². The first-order chi connectivity index (χ1) is 11.5. The van der Waals surface area contributed by atoms with E-state index in [9.17, 15) is 13.5 Å². The van der Waals surface area contributed by atoms with Crippen LogP contribution in [-0.4, -0.2) is 30.6 Å². The first-order valence-electron chi connectivity index (χ1n) is 8.06. The van der Waals surface area contributed by atoms with Gasteiger partial charge in [0.05, 0.1) is 4.86 Å². The molecule has 0 fully saturated rings. The van der Waals surface area contributed by atoms with E-state index in [0.29, 0.717) is 11.3 Å². The number of aliphatic imine (C=N–C) groups is 1. The standard InChI is InChI=1S/C19H23NO3S/c1-14-8-10-17(19(12-14)24(22)23)11-9-15(2)20-13-18(21)16-6-4-3-5-7-16/h3-8,10,12-13,15,17-18,21H,9,11H2,1-2H3. The van der Waals surface area contributed by atoms with Crippen LogP contribution >= 0.6 is 0 Å². The smallest absolute Gasteiger partial charge is 0.217 e. The van der Waals surface area contributed by atoms with Crippen molar-refractivity contribution in [2.75, 3.05) is 0 Å². The number of aliphatic hydroxyl groups is 1. The quantitative estimate of drug-likeness (QED) is 0.636. The number of rotatable bonds is 6. The number of nitrogens with zero attached hydrogens (tertiary/aromatic N) is 1. The van der Waals surface area contributed by atoms with Crippen LogP contribution in [0.25, 0.3) is 0 Å². The van der Waals surface area contributed by atoms with Crippen LogP contribution in [0.1, 0.15) is 38.4 Å². The molecule has 0 radical (unpaired) electrons. The maximum Gasteiger partial charge on any atom is 0.217 e. The van der Waals surface area contributed by atoms with Crippen LogP contribution in [0.4, 0.5) is 0 Å². The van der Waals surface area contributed by atoms with Gasteiger partial charge in [0.1, 0.15) is 6.10 Å². The van der Waals surface area contributed by atoms with Gasteiger partial charge in [-0.15, -0.1) is 0 Å². The number of allylic oxidation sites excluding steroid dienone is 4. The summed E-state index contributed by atoms with van der Waals surface area (Å²) < 4.78 is 22.7. The summed E-state index contributed by atoms with van der Waals surface area (Å²) in [4.78, 5) is 4.83. The summed E-state index contributed by atoms with van der Waals surface area (Å²) in [6, 6.07) is 9.38. The molecule has 128 valence electrons. The number of aliphatic hydroxyl groups excluding tert-OH is 1. The molecule has 3 unspecified atom stereocenters. The molecule has 1 aliphatic carbocycles. The Labute approximate surface area is 144 Å². The van der Waals surface area contributed by atoms with Crippen molar-refractivity contribution in [2.45, 2.75) is 38.8 Å². The van der Waals surface area contributed by atoms with Gasteiger partial charge in [-0.1, -0.05) is 48.1 Å². The highest BCUT2D eigenvalue weighted by Crippen LogP contribution is 2.20. The van der Waals surface area contributed by atoms with Crippen LogP contribution in [0, 0.1) is 5.92 Å². The zero-order chi connectivity index (χ0) is 17.5. The Morgan fingerprint density at radius 1 is 1.29 bits per heavy atom. The van der Waals surface area contributed by atoms with E-state index in [1.165, 1.54) is 0 Å². The Balaban J connectivity index is 1.91. The van der Waals surface area contributed by atoms with Crippen molar-refractivity contribution in [1.82, 2.24) is 0 Å². The van der Waals surface area contributed by atoms with E-state index in [1.807, 2.05) is 56.3 Å². The first-order valence-corrected chi connectivity index (χ1v) is 9.13. The number of hydrogen-bond acceptors (Lipinski definition) is 4.